The van der Waals surface area contributed by atoms with Crippen LogP contribution in [0.15, 0.2) is 67.1 Å². The zero-order valence-corrected chi connectivity index (χ0v) is 16.6. The van der Waals surface area contributed by atoms with Gasteiger partial charge in [-0.15, -0.1) is 0 Å². The van der Waals surface area contributed by atoms with Crippen LogP contribution in [0.25, 0.3) is 22.2 Å². The molecule has 2 N–H and O–H groups in total. The number of imidazole rings is 1. The number of hydrogen-bond acceptors (Lipinski definition) is 7. The summed E-state index contributed by atoms with van der Waals surface area (Å²) in [6.45, 7) is 0. The van der Waals surface area contributed by atoms with Crippen LogP contribution in [0.2, 0.25) is 0 Å². The highest BCUT2D eigenvalue weighted by Gasteiger charge is 2.14. The molecule has 30 heavy (non-hydrogen) atoms. The molecule has 150 valence electrons. The molecular weight excluding hydrogens is 404 g/mol. The minimum absolute atomic E-state index is 0.0749. The van der Waals surface area contributed by atoms with Gasteiger partial charge in [0.2, 0.25) is 0 Å². The maximum atomic E-state index is 11.1. The predicted octanol–water partition coefficient (Wildman–Crippen LogP) is 2.45. The number of nitrogens with zero attached hydrogens (tertiary/aromatic N) is 5. The van der Waals surface area contributed by atoms with Crippen molar-refractivity contribution in [1.82, 2.24) is 14.6 Å². The average Bonchev–Trinajstić information content (AvgIpc) is 3.16. The first kappa shape index (κ1) is 19.4. The number of fused-ring (bicyclic) bond motifs is 1. The smallest absolute Gasteiger partial charge is 0.371 e. The highest BCUT2D eigenvalue weighted by molar-refractivity contribution is 7.84. The molecule has 0 saturated carbocycles. The number of nitriles is 1. The van der Waals surface area contributed by atoms with Gasteiger partial charge in [0.1, 0.15) is 23.8 Å². The van der Waals surface area contributed by atoms with Crippen molar-refractivity contribution in [2.45, 2.75) is 0 Å². The first-order valence-electron chi connectivity index (χ1n) is 8.74. The summed E-state index contributed by atoms with van der Waals surface area (Å²) in [6, 6.07) is 17.8. The standard InChI is InChI=1S/C20H16N6O3S/c1-25(26-13-24-18-4-2-3-5-20(18)26)15-10-17(19(11-21)23-12-15)14-6-8-16(9-7-14)29-30(22,27)28/h2-10,12-13H,1H3,(H2,22,27,28). The van der Waals surface area contributed by atoms with Gasteiger partial charge in [0.05, 0.1) is 22.9 Å². The minimum atomic E-state index is -4.11. The fraction of sp³-hybridized carbons (Fsp3) is 0.0500. The monoisotopic (exact) mass is 420 g/mol. The van der Waals surface area contributed by atoms with Crippen LogP contribution in [-0.2, 0) is 10.3 Å². The molecule has 0 aliphatic heterocycles. The maximum Gasteiger partial charge on any atom is 0.380 e. The second-order valence-electron chi connectivity index (χ2n) is 6.40. The van der Waals surface area contributed by atoms with Gasteiger partial charge < -0.3 is 4.18 Å². The van der Waals surface area contributed by atoms with E-state index in [-0.39, 0.29) is 11.4 Å². The summed E-state index contributed by atoms with van der Waals surface area (Å²) in [5.74, 6) is 0.0749. The lowest BCUT2D eigenvalue weighted by atomic mass is 10.0. The van der Waals surface area contributed by atoms with E-state index in [0.717, 1.165) is 16.7 Å². The van der Waals surface area contributed by atoms with Gasteiger partial charge in [0.15, 0.2) is 0 Å². The molecule has 0 spiro atoms. The van der Waals surface area contributed by atoms with Gasteiger partial charge in [-0.25, -0.2) is 14.6 Å². The van der Waals surface area contributed by atoms with Crippen molar-refractivity contribution in [3.63, 3.8) is 0 Å². The Morgan fingerprint density at radius 2 is 1.87 bits per heavy atom. The van der Waals surface area contributed by atoms with Gasteiger partial charge in [0, 0.05) is 12.6 Å². The first-order valence-corrected chi connectivity index (χ1v) is 10.2. The van der Waals surface area contributed by atoms with Crippen LogP contribution >= 0.6 is 0 Å². The quantitative estimate of drug-likeness (QED) is 0.525. The molecule has 0 unspecified atom stereocenters. The third-order valence-corrected chi connectivity index (χ3v) is 4.91. The molecule has 4 rings (SSSR count). The second kappa shape index (κ2) is 7.47. The molecule has 0 aliphatic carbocycles. The zero-order chi connectivity index (χ0) is 21.3. The van der Waals surface area contributed by atoms with Crippen molar-refractivity contribution in [1.29, 1.82) is 5.26 Å². The van der Waals surface area contributed by atoms with Crippen molar-refractivity contribution < 1.29 is 12.6 Å². The lowest BCUT2D eigenvalue weighted by molar-refractivity contribution is 0.488. The summed E-state index contributed by atoms with van der Waals surface area (Å²) >= 11 is 0. The molecule has 2 aromatic carbocycles. The van der Waals surface area contributed by atoms with Gasteiger partial charge >= 0.3 is 10.3 Å². The lowest BCUT2D eigenvalue weighted by Crippen LogP contribution is -2.23. The molecule has 2 aromatic heterocycles. The molecule has 2 heterocycles. The molecule has 0 amide bonds. The molecule has 0 aliphatic rings. The van der Waals surface area contributed by atoms with Crippen molar-refractivity contribution in [2.75, 3.05) is 12.1 Å². The minimum Gasteiger partial charge on any atom is -0.371 e. The SMILES string of the molecule is CN(c1cnc(C#N)c(-c2ccc(OS(N)(=O)=O)cc2)c1)n1cnc2ccccc21. The largest absolute Gasteiger partial charge is 0.380 e. The van der Waals surface area contributed by atoms with E-state index < -0.39 is 10.3 Å². The van der Waals surface area contributed by atoms with Gasteiger partial charge in [-0.3, -0.25) is 5.01 Å². The summed E-state index contributed by atoms with van der Waals surface area (Å²) < 4.78 is 28.7. The lowest BCUT2D eigenvalue weighted by Gasteiger charge is -2.21. The molecule has 0 radical (unpaired) electrons. The van der Waals surface area contributed by atoms with E-state index in [4.69, 9.17) is 5.14 Å². The third kappa shape index (κ3) is 3.80. The number of nitrogens with two attached hydrogens (primary N) is 1. The van der Waals surface area contributed by atoms with Crippen LogP contribution in [-0.4, -0.2) is 30.1 Å². The first-order chi connectivity index (χ1) is 14.4. The Bertz CT molecular complexity index is 1370. The summed E-state index contributed by atoms with van der Waals surface area (Å²) in [5.41, 5.74) is 4.02. The average molecular weight is 420 g/mol. The molecule has 0 saturated heterocycles. The zero-order valence-electron chi connectivity index (χ0n) is 15.8. The van der Waals surface area contributed by atoms with Crippen LogP contribution in [0.5, 0.6) is 5.75 Å². The van der Waals surface area contributed by atoms with Crippen LogP contribution in [0, 0.1) is 11.3 Å². The van der Waals surface area contributed by atoms with Gasteiger partial charge in [-0.05, 0) is 35.9 Å². The molecule has 9 nitrogen and oxygen atoms in total. The van der Waals surface area contributed by atoms with Crippen molar-refractivity contribution >= 4 is 27.0 Å². The number of hydrogen-bond donors (Lipinski definition) is 1. The number of para-hydroxylation sites is 2. The summed E-state index contributed by atoms with van der Waals surface area (Å²) in [7, 11) is -2.24. The Morgan fingerprint density at radius 1 is 1.13 bits per heavy atom. The van der Waals surface area contributed by atoms with Crippen LogP contribution in [0.4, 0.5) is 5.69 Å². The van der Waals surface area contributed by atoms with E-state index in [0.29, 0.717) is 11.1 Å². The van der Waals surface area contributed by atoms with Crippen molar-refractivity contribution in [3.8, 4) is 22.9 Å². The van der Waals surface area contributed by atoms with E-state index in [2.05, 4.69) is 20.2 Å². The molecule has 10 heteroatoms. The molecule has 0 fully saturated rings. The highest BCUT2D eigenvalue weighted by Crippen LogP contribution is 2.29. The number of rotatable bonds is 5. The number of pyridine rings is 1. The Morgan fingerprint density at radius 3 is 2.57 bits per heavy atom. The normalized spacial score (nSPS) is 11.2. The molecular formula is C20H16N6O3S. The number of anilines is 1. The topological polar surface area (TPSA) is 127 Å². The van der Waals surface area contributed by atoms with Crippen LogP contribution in [0.1, 0.15) is 5.69 Å². The van der Waals surface area contributed by atoms with Crippen molar-refractivity contribution in [2.24, 2.45) is 5.14 Å². The van der Waals surface area contributed by atoms with Crippen LogP contribution in [0.3, 0.4) is 0 Å². The van der Waals surface area contributed by atoms with E-state index in [9.17, 15) is 13.7 Å². The third-order valence-electron chi connectivity index (χ3n) is 4.49. The van der Waals surface area contributed by atoms with E-state index in [1.807, 2.05) is 47.1 Å². The van der Waals surface area contributed by atoms with E-state index in [1.165, 1.54) is 12.1 Å². The Hall–Kier alpha value is -3.94. The molecule has 4 aromatic rings. The number of benzene rings is 2. The van der Waals surface area contributed by atoms with Gasteiger partial charge in [-0.2, -0.15) is 18.8 Å². The summed E-state index contributed by atoms with van der Waals surface area (Å²) in [4.78, 5) is 8.68. The summed E-state index contributed by atoms with van der Waals surface area (Å²) in [6.07, 6.45) is 3.32. The molecule has 0 bridgehead atoms. The van der Waals surface area contributed by atoms with Crippen LogP contribution < -0.4 is 14.3 Å². The molecule has 0 atom stereocenters. The van der Waals surface area contributed by atoms with Gasteiger partial charge in [-0.1, -0.05) is 24.3 Å². The van der Waals surface area contributed by atoms with E-state index in [1.54, 1.807) is 24.7 Å². The number of aromatic nitrogens is 3. The van der Waals surface area contributed by atoms with Gasteiger partial charge in [0.25, 0.3) is 0 Å². The van der Waals surface area contributed by atoms with Crippen molar-refractivity contribution in [3.05, 3.63) is 72.8 Å². The summed E-state index contributed by atoms with van der Waals surface area (Å²) in [5, 5.41) is 16.2. The maximum absolute atomic E-state index is 11.1. The Kier molecular flexibility index (Phi) is 4.83. The fourth-order valence-corrected chi connectivity index (χ4v) is 3.45. The predicted molar refractivity (Wildman–Crippen MR) is 112 cm³/mol. The Balaban J connectivity index is 1.73. The van der Waals surface area contributed by atoms with E-state index >= 15 is 0 Å². The highest BCUT2D eigenvalue weighted by atomic mass is 32.2. The Labute approximate surface area is 172 Å². The second-order valence-corrected chi connectivity index (χ2v) is 7.56. The fourth-order valence-electron chi connectivity index (χ4n) is 3.07.